The number of benzene rings is 1. The van der Waals surface area contributed by atoms with Gasteiger partial charge < -0.3 is 0 Å². The van der Waals surface area contributed by atoms with Gasteiger partial charge in [0.1, 0.15) is 10.0 Å². The molecule has 0 N–H and O–H groups in total. The highest BCUT2D eigenvalue weighted by Gasteiger charge is 2.22. The third-order valence-corrected chi connectivity index (χ3v) is 7.73. The van der Waals surface area contributed by atoms with E-state index in [9.17, 15) is 12.8 Å². The first-order valence-corrected chi connectivity index (χ1v) is 10.9. The molecule has 0 fully saturated rings. The zero-order valence-electron chi connectivity index (χ0n) is 14.9. The lowest BCUT2D eigenvalue weighted by Crippen LogP contribution is -2.27. The van der Waals surface area contributed by atoms with Crippen molar-refractivity contribution in [1.29, 1.82) is 0 Å². The molecule has 0 aliphatic rings. The Kier molecular flexibility index (Phi) is 6.00. The molecule has 0 saturated heterocycles. The minimum Gasteiger partial charge on any atom is -0.268 e. The van der Waals surface area contributed by atoms with Crippen molar-refractivity contribution < 1.29 is 12.8 Å². The van der Waals surface area contributed by atoms with Crippen molar-refractivity contribution in [3.05, 3.63) is 58.3 Å². The summed E-state index contributed by atoms with van der Waals surface area (Å²) in [5, 5.41) is 4.45. The Labute approximate surface area is 167 Å². The molecule has 9 heteroatoms. The first-order chi connectivity index (χ1) is 12.8. The monoisotopic (exact) mass is 427 g/mol. The maximum absolute atomic E-state index is 13.4. The summed E-state index contributed by atoms with van der Waals surface area (Å²) in [6, 6.07) is 11.4. The van der Waals surface area contributed by atoms with E-state index in [1.165, 1.54) is 22.5 Å². The number of aromatic nitrogens is 2. The molecule has 1 aromatic carbocycles. The second-order valence-corrected chi connectivity index (χ2v) is 10.1. The number of rotatable bonds is 7. The molecule has 2 heterocycles. The summed E-state index contributed by atoms with van der Waals surface area (Å²) < 4.78 is 42.1. The van der Waals surface area contributed by atoms with Gasteiger partial charge in [0.25, 0.3) is 10.0 Å². The lowest BCUT2D eigenvalue weighted by atomic mass is 10.1. The number of nitrogens with zero attached hydrogens (tertiary/aromatic N) is 3. The Hall–Kier alpha value is -1.74. The Balaban J connectivity index is 1.63. The summed E-state index contributed by atoms with van der Waals surface area (Å²) in [7, 11) is -0.162. The number of hydrogen-bond donors (Lipinski definition) is 0. The van der Waals surface area contributed by atoms with E-state index in [1.54, 1.807) is 30.9 Å². The molecule has 0 aliphatic heterocycles. The van der Waals surface area contributed by atoms with Crippen molar-refractivity contribution in [3.8, 4) is 11.3 Å². The van der Waals surface area contributed by atoms with Gasteiger partial charge in [-0.05, 0) is 43.2 Å². The van der Waals surface area contributed by atoms with Gasteiger partial charge in [-0.2, -0.15) is 5.10 Å². The van der Waals surface area contributed by atoms with Crippen LogP contribution in [0.5, 0.6) is 0 Å². The van der Waals surface area contributed by atoms with Crippen LogP contribution in [0.15, 0.2) is 46.7 Å². The molecule has 0 unspecified atom stereocenters. The SMILES string of the molecule is CN(CCCc1cc(-c2cccc(F)c2)n(C)n1)S(=O)(=O)c1ccc(Cl)s1. The average Bonchev–Trinajstić information content (AvgIpc) is 3.21. The molecule has 2 aromatic heterocycles. The molecule has 0 aliphatic carbocycles. The van der Waals surface area contributed by atoms with Crippen LogP contribution in [0.4, 0.5) is 4.39 Å². The van der Waals surface area contributed by atoms with Crippen molar-refractivity contribution >= 4 is 33.0 Å². The third kappa shape index (κ3) is 4.57. The van der Waals surface area contributed by atoms with Gasteiger partial charge in [0.05, 0.1) is 15.7 Å². The van der Waals surface area contributed by atoms with Crippen LogP contribution in [0.3, 0.4) is 0 Å². The molecular weight excluding hydrogens is 409 g/mol. The summed E-state index contributed by atoms with van der Waals surface area (Å²) >= 11 is 6.88. The molecule has 0 atom stereocenters. The molecule has 5 nitrogen and oxygen atoms in total. The van der Waals surface area contributed by atoms with Gasteiger partial charge in [-0.15, -0.1) is 11.3 Å². The highest BCUT2D eigenvalue weighted by atomic mass is 35.5. The van der Waals surface area contributed by atoms with E-state index < -0.39 is 10.0 Å². The Morgan fingerprint density at radius 1 is 1.26 bits per heavy atom. The van der Waals surface area contributed by atoms with Crippen LogP contribution in [-0.4, -0.2) is 36.1 Å². The fraction of sp³-hybridized carbons (Fsp3) is 0.278. The topological polar surface area (TPSA) is 55.2 Å². The van der Waals surface area contributed by atoms with Crippen LogP contribution >= 0.6 is 22.9 Å². The first kappa shape index (κ1) is 20.0. The van der Waals surface area contributed by atoms with E-state index in [-0.39, 0.29) is 10.0 Å². The molecule has 0 amide bonds. The van der Waals surface area contributed by atoms with Crippen LogP contribution in [0.2, 0.25) is 4.34 Å². The predicted molar refractivity (Wildman–Crippen MR) is 106 cm³/mol. The van der Waals surface area contributed by atoms with Crippen LogP contribution in [0.25, 0.3) is 11.3 Å². The maximum Gasteiger partial charge on any atom is 0.252 e. The van der Waals surface area contributed by atoms with E-state index in [2.05, 4.69) is 5.10 Å². The molecule has 27 heavy (non-hydrogen) atoms. The summed E-state index contributed by atoms with van der Waals surface area (Å²) in [6.07, 6.45) is 1.24. The molecule has 144 valence electrons. The number of sulfonamides is 1. The zero-order valence-corrected chi connectivity index (χ0v) is 17.3. The van der Waals surface area contributed by atoms with Gasteiger partial charge >= 0.3 is 0 Å². The van der Waals surface area contributed by atoms with Crippen molar-refractivity contribution in [2.45, 2.75) is 17.1 Å². The quantitative estimate of drug-likeness (QED) is 0.568. The summed E-state index contributed by atoms with van der Waals surface area (Å²) in [4.78, 5) is 0. The van der Waals surface area contributed by atoms with Crippen molar-refractivity contribution in [1.82, 2.24) is 14.1 Å². The minimum atomic E-state index is -3.52. The molecule has 0 spiro atoms. The van der Waals surface area contributed by atoms with Gasteiger partial charge in [0.15, 0.2) is 0 Å². The number of halogens is 2. The minimum absolute atomic E-state index is 0.237. The highest BCUT2D eigenvalue weighted by Crippen LogP contribution is 2.28. The van der Waals surface area contributed by atoms with E-state index in [4.69, 9.17) is 11.6 Å². The van der Waals surface area contributed by atoms with Crippen molar-refractivity contribution in [2.75, 3.05) is 13.6 Å². The van der Waals surface area contributed by atoms with Gasteiger partial charge in [-0.3, -0.25) is 4.68 Å². The standard InChI is InChI=1S/C18H19ClFN3O2S2/c1-22(27(24,25)18-9-8-17(19)26-18)10-4-7-15-12-16(23(2)21-15)13-5-3-6-14(20)11-13/h3,5-6,8-9,11-12H,4,7,10H2,1-2H3. The largest absolute Gasteiger partial charge is 0.268 e. The smallest absolute Gasteiger partial charge is 0.252 e. The summed E-state index contributed by atoms with van der Waals surface area (Å²) in [5.41, 5.74) is 2.41. The van der Waals surface area contributed by atoms with E-state index in [0.29, 0.717) is 23.7 Å². The van der Waals surface area contributed by atoms with Crippen LogP contribution < -0.4 is 0 Å². The zero-order chi connectivity index (χ0) is 19.6. The fourth-order valence-electron chi connectivity index (χ4n) is 2.76. The predicted octanol–water partition coefficient (Wildman–Crippen LogP) is 4.19. The Bertz CT molecular complexity index is 1050. The Morgan fingerprint density at radius 3 is 2.70 bits per heavy atom. The molecule has 0 saturated carbocycles. The first-order valence-electron chi connectivity index (χ1n) is 8.28. The Morgan fingerprint density at radius 2 is 2.04 bits per heavy atom. The lowest BCUT2D eigenvalue weighted by Gasteiger charge is -2.15. The highest BCUT2D eigenvalue weighted by molar-refractivity contribution is 7.91. The lowest BCUT2D eigenvalue weighted by molar-refractivity contribution is 0.461. The molecule has 0 bridgehead atoms. The summed E-state index contributed by atoms with van der Waals surface area (Å²) in [5.74, 6) is -0.296. The van der Waals surface area contributed by atoms with Crippen LogP contribution in [-0.2, 0) is 23.5 Å². The second kappa shape index (κ2) is 8.10. The second-order valence-electron chi connectivity index (χ2n) is 6.14. The number of hydrogen-bond acceptors (Lipinski definition) is 4. The van der Waals surface area contributed by atoms with Gasteiger partial charge in [-0.25, -0.2) is 17.1 Å². The van der Waals surface area contributed by atoms with Gasteiger partial charge in [0, 0.05) is 26.2 Å². The van der Waals surface area contributed by atoms with E-state index in [1.807, 2.05) is 12.1 Å². The molecule has 3 rings (SSSR count). The fourth-order valence-corrected chi connectivity index (χ4v) is 5.66. The van der Waals surface area contributed by atoms with Crippen molar-refractivity contribution in [2.24, 2.45) is 7.05 Å². The van der Waals surface area contributed by atoms with E-state index >= 15 is 0 Å². The number of thiophene rings is 1. The normalized spacial score (nSPS) is 12.0. The third-order valence-electron chi connectivity index (χ3n) is 4.17. The summed E-state index contributed by atoms with van der Waals surface area (Å²) in [6.45, 7) is 0.365. The van der Waals surface area contributed by atoms with E-state index in [0.717, 1.165) is 28.3 Å². The molecule has 3 aromatic rings. The molecule has 0 radical (unpaired) electrons. The number of aryl methyl sites for hydroxylation is 2. The maximum atomic E-state index is 13.4. The average molecular weight is 428 g/mol. The van der Waals surface area contributed by atoms with Gasteiger partial charge in [0.2, 0.25) is 0 Å². The van der Waals surface area contributed by atoms with Crippen LogP contribution in [0.1, 0.15) is 12.1 Å². The van der Waals surface area contributed by atoms with Crippen molar-refractivity contribution in [3.63, 3.8) is 0 Å². The van der Waals surface area contributed by atoms with Crippen LogP contribution in [0, 0.1) is 5.82 Å². The molecular formula is C18H19ClFN3O2S2. The van der Waals surface area contributed by atoms with Gasteiger partial charge in [-0.1, -0.05) is 23.7 Å².